The van der Waals surface area contributed by atoms with Gasteiger partial charge in [0.25, 0.3) is 0 Å². The summed E-state index contributed by atoms with van der Waals surface area (Å²) in [5, 5.41) is 159. The van der Waals surface area contributed by atoms with Crippen LogP contribution in [0.15, 0.2) is 108 Å². The lowest BCUT2D eigenvalue weighted by Gasteiger charge is -2.45. The monoisotopic (exact) mass is 1100 g/mol. The first-order valence-electron chi connectivity index (χ1n) is 23.6. The molecule has 3 fully saturated rings. The van der Waals surface area contributed by atoms with Crippen molar-refractivity contribution in [2.75, 3.05) is 20.3 Å². The summed E-state index contributed by atoms with van der Waals surface area (Å²) in [6, 6.07) is 11.2. The van der Waals surface area contributed by atoms with E-state index in [1.807, 2.05) is 0 Å². The fourth-order valence-electron chi connectivity index (χ4n) is 8.43. The third kappa shape index (κ3) is 12.4. The highest BCUT2D eigenvalue weighted by Gasteiger charge is 2.54. The first-order chi connectivity index (χ1) is 37.1. The third-order valence-electron chi connectivity index (χ3n) is 12.7. The predicted molar refractivity (Wildman–Crippen MR) is 257 cm³/mol. The minimum absolute atomic E-state index is 0.00476. The fraction of sp³-hybridized carbons (Fsp3) is 0.373. The molecule has 27 nitrogen and oxygen atoms in total. The number of fused-ring (bicyclic) bond motifs is 1. The zero-order valence-corrected chi connectivity index (χ0v) is 40.5. The number of methoxy groups -OCH3 is 1. The van der Waals surface area contributed by atoms with Gasteiger partial charge in [0.15, 0.2) is 46.9 Å². The van der Waals surface area contributed by atoms with E-state index in [0.717, 1.165) is 48.6 Å². The molecule has 4 heterocycles. The molecular formula is C51H55O27+. The number of allylic oxidation sites excluding steroid dienone is 2. The van der Waals surface area contributed by atoms with Crippen LogP contribution in [-0.4, -0.2) is 212 Å². The molecule has 0 radical (unpaired) electrons. The summed E-state index contributed by atoms with van der Waals surface area (Å²) in [7, 11) is 1.32. The van der Waals surface area contributed by atoms with Crippen molar-refractivity contribution in [3.05, 3.63) is 125 Å². The molecule has 5 aliphatic rings. The molecule has 16 unspecified atom stereocenters. The van der Waals surface area contributed by atoms with Crippen LogP contribution in [0.3, 0.4) is 0 Å². The van der Waals surface area contributed by atoms with E-state index in [1.165, 1.54) is 55.7 Å². The van der Waals surface area contributed by atoms with Gasteiger partial charge in [-0.2, -0.15) is 0 Å². The van der Waals surface area contributed by atoms with Crippen molar-refractivity contribution >= 4 is 29.8 Å². The van der Waals surface area contributed by atoms with E-state index in [9.17, 15) is 86.2 Å². The Morgan fingerprint density at radius 3 is 1.87 bits per heavy atom. The van der Waals surface area contributed by atoms with Crippen LogP contribution in [0.1, 0.15) is 16.7 Å². The molecule has 3 saturated heterocycles. The molecule has 0 spiro atoms. The Kier molecular flexibility index (Phi) is 17.5. The van der Waals surface area contributed by atoms with Crippen molar-refractivity contribution in [1.82, 2.24) is 0 Å². The van der Waals surface area contributed by atoms with Crippen molar-refractivity contribution in [2.45, 2.75) is 98.4 Å². The molecule has 78 heavy (non-hydrogen) atoms. The molecule has 16 N–H and O–H groups in total. The van der Waals surface area contributed by atoms with E-state index in [1.54, 1.807) is 0 Å². The lowest BCUT2D eigenvalue weighted by molar-refractivity contribution is -0.380. The van der Waals surface area contributed by atoms with Gasteiger partial charge in [0.05, 0.1) is 30.9 Å². The Morgan fingerprint density at radius 2 is 1.21 bits per heavy atom. The van der Waals surface area contributed by atoms with Crippen LogP contribution in [0.4, 0.5) is 0 Å². The Labute approximate surface area is 440 Å². The number of carbonyl (C=O) groups excluding carboxylic acids is 2. The molecule has 0 amide bonds. The lowest BCUT2D eigenvalue weighted by atomic mass is 9.96. The summed E-state index contributed by atoms with van der Waals surface area (Å²) in [6.45, 7) is -1.61. The van der Waals surface area contributed by atoms with Gasteiger partial charge < -0.3 is 119 Å². The smallest absolute Gasteiger partial charge is 0.333 e. The van der Waals surface area contributed by atoms with Gasteiger partial charge in [0, 0.05) is 30.4 Å². The number of aliphatic hydroxyl groups excluding tert-OH is 10. The van der Waals surface area contributed by atoms with E-state index in [0.29, 0.717) is 5.56 Å². The molecular weight excluding hydrogens is 1040 g/mol. The number of esters is 2. The summed E-state index contributed by atoms with van der Waals surface area (Å²) in [5.74, 6) is -5.89. The van der Waals surface area contributed by atoms with Gasteiger partial charge in [-0.25, -0.2) is 9.59 Å². The number of hydrogen-bond acceptors (Lipinski definition) is 26. The maximum Gasteiger partial charge on any atom is 0.333 e. The van der Waals surface area contributed by atoms with E-state index in [4.69, 9.17) is 42.6 Å². The van der Waals surface area contributed by atoms with Crippen LogP contribution in [-0.2, 0) is 47.5 Å². The van der Waals surface area contributed by atoms with E-state index < -0.39 is 158 Å². The highest BCUT2D eigenvalue weighted by molar-refractivity contribution is 5.88. The highest BCUT2D eigenvalue weighted by Crippen LogP contribution is 2.41. The number of aliphatic hydroxyl groups is 12. The van der Waals surface area contributed by atoms with Crippen molar-refractivity contribution in [3.63, 3.8) is 0 Å². The highest BCUT2D eigenvalue weighted by atomic mass is 16.8. The summed E-state index contributed by atoms with van der Waals surface area (Å²) in [6.07, 6.45) is -23.3. The zero-order valence-electron chi connectivity index (χ0n) is 40.5. The number of phenolic OH excluding ortho intramolecular Hbond substituents is 5. The zero-order chi connectivity index (χ0) is 56.3. The van der Waals surface area contributed by atoms with Crippen LogP contribution in [0.2, 0.25) is 0 Å². The average molecular weight is 1100 g/mol. The molecule has 0 bridgehead atoms. The van der Waals surface area contributed by atoms with Crippen LogP contribution in [0.25, 0.3) is 17.9 Å². The predicted octanol–water partition coefficient (Wildman–Crippen LogP) is -1.99. The van der Waals surface area contributed by atoms with Gasteiger partial charge in [-0.05, 0) is 59.7 Å². The van der Waals surface area contributed by atoms with Crippen LogP contribution >= 0.6 is 0 Å². The molecule has 3 aromatic rings. The second-order valence-corrected chi connectivity index (χ2v) is 18.0. The molecule has 8 rings (SSSR count). The molecule has 27 heteroatoms. The standard InChI is InChI=1S/C51H54O27/c1-69-32-13-21(3-8-27(32)56)4-10-36(59)70-19-35-39(62)41(64)44(67)49(75-35)77-47-42(65)45(68)50(76-37(60)11-5-20-2-7-25(54)28(57)12-20)78-51(47)73-33-17-24-30(71-46(33)22-6-9-26(55)29(58)14-22)15-23(53)16-31(24)72-48-43(66)40(63)38(61)34(18-52)74-48/h2-17,30,34-35,38-45,47-58,61-68H,18-19H2,1H3/p+1. The summed E-state index contributed by atoms with van der Waals surface area (Å²) < 4.78 is 55.9. The van der Waals surface area contributed by atoms with E-state index >= 15 is 0 Å². The van der Waals surface area contributed by atoms with Crippen molar-refractivity contribution in [3.8, 4) is 34.5 Å². The Morgan fingerprint density at radius 1 is 0.603 bits per heavy atom. The molecule has 0 aromatic heterocycles. The topological polar surface area (TPSA) is 433 Å². The number of hydrogen-bond donors (Lipinski definition) is 15. The Bertz CT molecular complexity index is 2870. The number of aromatic hydroxyl groups is 5. The van der Waals surface area contributed by atoms with E-state index in [-0.39, 0.29) is 39.7 Å². The Balaban J connectivity index is 1.12. The molecule has 16 atom stereocenters. The summed E-state index contributed by atoms with van der Waals surface area (Å²) in [4.78, 5) is 26.1. The quantitative estimate of drug-likeness (QED) is 0.0320. The number of carbonyl (C=O) groups is 2. The minimum Gasteiger partial charge on any atom is -0.571 e. The number of ether oxygens (including phenoxy) is 10. The molecule has 420 valence electrons. The first-order valence-corrected chi connectivity index (χ1v) is 23.6. The van der Waals surface area contributed by atoms with Crippen LogP contribution < -0.4 is 4.74 Å². The van der Waals surface area contributed by atoms with Crippen molar-refractivity contribution < 1.29 is 134 Å². The average Bonchev–Trinajstić information content (AvgIpc) is 3.44. The van der Waals surface area contributed by atoms with Crippen molar-refractivity contribution in [1.29, 1.82) is 0 Å². The van der Waals surface area contributed by atoms with Gasteiger partial charge in [0.1, 0.15) is 79.2 Å². The first kappa shape index (κ1) is 56.7. The fourth-order valence-corrected chi connectivity index (χ4v) is 8.43. The Hall–Kier alpha value is -7.48. The molecule has 1 aliphatic carbocycles. The van der Waals surface area contributed by atoms with Gasteiger partial charge in [-0.1, -0.05) is 12.1 Å². The maximum atomic E-state index is 13.3. The number of phenols is 5. The summed E-state index contributed by atoms with van der Waals surface area (Å²) in [5.41, 5.74) is 0.581. The molecule has 3 aromatic carbocycles. The second kappa shape index (κ2) is 24.0. The van der Waals surface area contributed by atoms with Gasteiger partial charge in [0.2, 0.25) is 30.7 Å². The number of rotatable bonds is 16. The third-order valence-corrected chi connectivity index (χ3v) is 12.7. The van der Waals surface area contributed by atoms with Crippen LogP contribution in [0, 0.1) is 0 Å². The normalized spacial score (nSPS) is 32.1. The van der Waals surface area contributed by atoms with Gasteiger partial charge in [-0.3, -0.25) is 4.74 Å². The molecule has 4 aliphatic heterocycles. The SMILES string of the molecule is COc1cc(C=CC(=O)OCC2OC(OC3C(OC4=C(c5ccc(O)c(O)c5)[OH+]C5C=C(O)C=C(OC6OC(CO)C(O)C(O)C6O)C5=C4)OC(OC(=O)C=Cc4ccc(O)c(O)c4)C(O)C3O)C(O)C(O)C2O)ccc1O. The maximum absolute atomic E-state index is 13.3. The lowest BCUT2D eigenvalue weighted by Crippen LogP contribution is -2.64. The van der Waals surface area contributed by atoms with Gasteiger partial charge >= 0.3 is 17.7 Å². The number of benzene rings is 3. The largest absolute Gasteiger partial charge is 0.571 e. The van der Waals surface area contributed by atoms with Crippen molar-refractivity contribution in [2.24, 2.45) is 0 Å². The van der Waals surface area contributed by atoms with E-state index in [2.05, 4.69) is 4.74 Å². The minimum atomic E-state index is -2.28. The van der Waals surface area contributed by atoms with Gasteiger partial charge in [-0.15, -0.1) is 0 Å². The summed E-state index contributed by atoms with van der Waals surface area (Å²) >= 11 is 0. The molecule has 0 saturated carbocycles. The second-order valence-electron chi connectivity index (χ2n) is 18.0. The van der Waals surface area contributed by atoms with Crippen LogP contribution in [0.5, 0.6) is 34.5 Å².